The van der Waals surface area contributed by atoms with Gasteiger partial charge in [-0.3, -0.25) is 4.79 Å². The van der Waals surface area contributed by atoms with Crippen molar-refractivity contribution in [2.45, 2.75) is 50.3 Å². The van der Waals surface area contributed by atoms with Gasteiger partial charge in [0.05, 0.1) is 0 Å². The van der Waals surface area contributed by atoms with Crippen molar-refractivity contribution < 1.29 is 4.79 Å². The lowest BCUT2D eigenvalue weighted by molar-refractivity contribution is -0.122. The summed E-state index contributed by atoms with van der Waals surface area (Å²) in [6, 6.07) is 0.376. The van der Waals surface area contributed by atoms with E-state index in [-0.39, 0.29) is 11.8 Å². The maximum Gasteiger partial charge on any atom is 0.220 e. The average Bonchev–Trinajstić information content (AvgIpc) is 2.29. The summed E-state index contributed by atoms with van der Waals surface area (Å²) in [4.78, 5) is 11.8. The minimum Gasteiger partial charge on any atom is -0.352 e. The molecule has 1 aliphatic carbocycles. The van der Waals surface area contributed by atoms with Gasteiger partial charge in [-0.05, 0) is 31.6 Å². The first-order chi connectivity index (χ1) is 7.67. The first-order valence-electron chi connectivity index (χ1n) is 6.19. The zero-order valence-electron chi connectivity index (χ0n) is 10.4. The Morgan fingerprint density at radius 3 is 2.81 bits per heavy atom. The van der Waals surface area contributed by atoms with Crippen LogP contribution in [-0.2, 0) is 4.79 Å². The lowest BCUT2D eigenvalue weighted by atomic mass is 9.94. The lowest BCUT2D eigenvalue weighted by Gasteiger charge is -2.31. The largest absolute Gasteiger partial charge is 0.352 e. The molecule has 1 saturated carbocycles. The third-order valence-corrected chi connectivity index (χ3v) is 4.46. The van der Waals surface area contributed by atoms with Gasteiger partial charge in [0.25, 0.3) is 0 Å². The number of carbonyl (C=O) groups excluding carboxylic acids is 1. The molecule has 0 bridgehead atoms. The number of carbonyl (C=O) groups is 1. The van der Waals surface area contributed by atoms with E-state index in [4.69, 9.17) is 5.73 Å². The van der Waals surface area contributed by atoms with Crippen molar-refractivity contribution in [3.8, 4) is 0 Å². The molecule has 0 aliphatic heterocycles. The number of hydrogen-bond donors (Lipinski definition) is 2. The fraction of sp³-hybridized carbons (Fsp3) is 0.917. The molecule has 3 N–H and O–H groups in total. The smallest absolute Gasteiger partial charge is 0.220 e. The van der Waals surface area contributed by atoms with Crippen LogP contribution in [0.4, 0.5) is 0 Å². The first kappa shape index (κ1) is 13.8. The molecule has 0 spiro atoms. The molecule has 3 unspecified atom stereocenters. The summed E-state index contributed by atoms with van der Waals surface area (Å²) in [7, 11) is 0. The third kappa shape index (κ3) is 4.34. The van der Waals surface area contributed by atoms with Crippen LogP contribution in [-0.4, -0.2) is 30.0 Å². The summed E-state index contributed by atoms with van der Waals surface area (Å²) < 4.78 is 0. The molecule has 16 heavy (non-hydrogen) atoms. The van der Waals surface area contributed by atoms with Crippen molar-refractivity contribution in [2.75, 3.05) is 12.8 Å². The summed E-state index contributed by atoms with van der Waals surface area (Å²) >= 11 is 1.88. The van der Waals surface area contributed by atoms with Crippen molar-refractivity contribution in [3.05, 3.63) is 0 Å². The Kier molecular flexibility index (Phi) is 6.21. The zero-order chi connectivity index (χ0) is 12.0. The van der Waals surface area contributed by atoms with Gasteiger partial charge in [-0.2, -0.15) is 11.8 Å². The second-order valence-electron chi connectivity index (χ2n) is 4.78. The van der Waals surface area contributed by atoms with E-state index in [1.807, 2.05) is 18.7 Å². The quantitative estimate of drug-likeness (QED) is 0.775. The normalized spacial score (nSPS) is 27.4. The van der Waals surface area contributed by atoms with E-state index >= 15 is 0 Å². The van der Waals surface area contributed by atoms with Gasteiger partial charge in [-0.15, -0.1) is 0 Å². The lowest BCUT2D eigenvalue weighted by Crippen LogP contribution is -2.44. The van der Waals surface area contributed by atoms with Crippen LogP contribution in [0, 0.1) is 5.92 Å². The Labute approximate surface area is 103 Å². The van der Waals surface area contributed by atoms with Crippen molar-refractivity contribution in [1.82, 2.24) is 5.32 Å². The highest BCUT2D eigenvalue weighted by Gasteiger charge is 2.25. The summed E-state index contributed by atoms with van der Waals surface area (Å²) in [6.45, 7) is 2.61. The summed E-state index contributed by atoms with van der Waals surface area (Å²) in [5.74, 6) is 0.459. The molecule has 1 fully saturated rings. The molecule has 1 aliphatic rings. The van der Waals surface area contributed by atoms with Crippen molar-refractivity contribution in [1.29, 1.82) is 0 Å². The van der Waals surface area contributed by atoms with Crippen LogP contribution < -0.4 is 11.1 Å². The molecular weight excluding hydrogens is 220 g/mol. The monoisotopic (exact) mass is 244 g/mol. The van der Waals surface area contributed by atoms with Gasteiger partial charge in [-0.1, -0.05) is 19.8 Å². The van der Waals surface area contributed by atoms with E-state index in [0.717, 1.165) is 6.42 Å². The van der Waals surface area contributed by atoms with Crippen LogP contribution in [0.25, 0.3) is 0 Å². The van der Waals surface area contributed by atoms with Crippen LogP contribution in [0.15, 0.2) is 0 Å². The molecule has 0 aromatic rings. The fourth-order valence-electron chi connectivity index (χ4n) is 2.21. The molecule has 3 nitrogen and oxygen atoms in total. The van der Waals surface area contributed by atoms with Gasteiger partial charge in [-0.25, -0.2) is 0 Å². The standard InChI is InChI=1S/C12H24N2OS/c1-9(8-13)7-12(15)14-10-5-3-4-6-11(10)16-2/h9-11H,3-8,13H2,1-2H3,(H,14,15). The van der Waals surface area contributed by atoms with Gasteiger partial charge in [0, 0.05) is 17.7 Å². The van der Waals surface area contributed by atoms with E-state index in [1.165, 1.54) is 19.3 Å². The van der Waals surface area contributed by atoms with Gasteiger partial charge >= 0.3 is 0 Å². The Morgan fingerprint density at radius 2 is 2.19 bits per heavy atom. The molecule has 4 heteroatoms. The Morgan fingerprint density at radius 1 is 1.50 bits per heavy atom. The molecular formula is C12H24N2OS. The number of nitrogens with two attached hydrogens (primary N) is 1. The zero-order valence-corrected chi connectivity index (χ0v) is 11.2. The van der Waals surface area contributed by atoms with Crippen LogP contribution in [0.5, 0.6) is 0 Å². The minimum absolute atomic E-state index is 0.170. The maximum absolute atomic E-state index is 11.8. The van der Waals surface area contributed by atoms with E-state index < -0.39 is 0 Å². The highest BCUT2D eigenvalue weighted by molar-refractivity contribution is 7.99. The summed E-state index contributed by atoms with van der Waals surface area (Å²) in [5.41, 5.74) is 5.52. The molecule has 0 heterocycles. The molecule has 0 aromatic carbocycles. The second-order valence-corrected chi connectivity index (χ2v) is 5.85. The number of hydrogen-bond acceptors (Lipinski definition) is 3. The second kappa shape index (κ2) is 7.17. The van der Waals surface area contributed by atoms with Crippen molar-refractivity contribution in [3.63, 3.8) is 0 Å². The van der Waals surface area contributed by atoms with Gasteiger partial charge in [0.2, 0.25) is 5.91 Å². The Bertz CT molecular complexity index is 223. The van der Waals surface area contributed by atoms with E-state index in [9.17, 15) is 4.79 Å². The topological polar surface area (TPSA) is 55.1 Å². The van der Waals surface area contributed by atoms with Gasteiger partial charge in [0.15, 0.2) is 0 Å². The molecule has 94 valence electrons. The van der Waals surface area contributed by atoms with E-state index in [1.54, 1.807) is 0 Å². The molecule has 1 rings (SSSR count). The highest BCUT2D eigenvalue weighted by atomic mass is 32.2. The van der Waals surface area contributed by atoms with Gasteiger partial charge < -0.3 is 11.1 Å². The molecule has 1 amide bonds. The number of amides is 1. The minimum atomic E-state index is 0.170. The predicted molar refractivity (Wildman–Crippen MR) is 70.5 cm³/mol. The Hall–Kier alpha value is -0.220. The van der Waals surface area contributed by atoms with Crippen LogP contribution >= 0.6 is 11.8 Å². The molecule has 0 aromatic heterocycles. The van der Waals surface area contributed by atoms with E-state index in [2.05, 4.69) is 11.6 Å². The number of nitrogens with one attached hydrogen (secondary N) is 1. The number of rotatable bonds is 5. The molecule has 0 radical (unpaired) electrons. The highest BCUT2D eigenvalue weighted by Crippen LogP contribution is 2.27. The number of thioether (sulfide) groups is 1. The fourth-order valence-corrected chi connectivity index (χ4v) is 3.14. The summed E-state index contributed by atoms with van der Waals surface area (Å²) in [6.07, 6.45) is 7.62. The maximum atomic E-state index is 11.8. The molecule has 3 atom stereocenters. The molecule has 0 saturated heterocycles. The van der Waals surface area contributed by atoms with Crippen molar-refractivity contribution >= 4 is 17.7 Å². The third-order valence-electron chi connectivity index (χ3n) is 3.29. The SMILES string of the molecule is CSC1CCCCC1NC(=O)CC(C)CN. The van der Waals surface area contributed by atoms with Gasteiger partial charge in [0.1, 0.15) is 0 Å². The van der Waals surface area contributed by atoms with Crippen LogP contribution in [0.2, 0.25) is 0 Å². The average molecular weight is 244 g/mol. The Balaban J connectivity index is 2.36. The van der Waals surface area contributed by atoms with Crippen LogP contribution in [0.1, 0.15) is 39.0 Å². The first-order valence-corrected chi connectivity index (χ1v) is 7.48. The van der Waals surface area contributed by atoms with E-state index in [0.29, 0.717) is 24.3 Å². The van der Waals surface area contributed by atoms with Crippen molar-refractivity contribution in [2.24, 2.45) is 11.7 Å². The summed E-state index contributed by atoms with van der Waals surface area (Å²) in [5, 5.41) is 3.77. The predicted octanol–water partition coefficient (Wildman–Crippen LogP) is 1.76. The van der Waals surface area contributed by atoms with Crippen LogP contribution in [0.3, 0.4) is 0 Å².